The van der Waals surface area contributed by atoms with Crippen LogP contribution in [0.5, 0.6) is 0 Å². The molecule has 2 rings (SSSR count). The topological polar surface area (TPSA) is 49.8 Å². The number of ether oxygens (including phenoxy) is 1. The summed E-state index contributed by atoms with van der Waals surface area (Å²) in [7, 11) is 1.56. The van der Waals surface area contributed by atoms with Crippen LogP contribution in [0.15, 0.2) is 0 Å². The lowest BCUT2D eigenvalue weighted by Gasteiger charge is -2.50. The number of carbonyl (C=O) groups is 1. The van der Waals surface area contributed by atoms with Crippen LogP contribution in [0.25, 0.3) is 0 Å². The summed E-state index contributed by atoms with van der Waals surface area (Å²) < 4.78 is 4.95. The van der Waals surface area contributed by atoms with Gasteiger partial charge in [0.15, 0.2) is 0 Å². The highest BCUT2D eigenvalue weighted by molar-refractivity contribution is 5.73. The number of methoxy groups -OCH3 is 1. The van der Waals surface area contributed by atoms with Gasteiger partial charge in [-0.3, -0.25) is 9.69 Å². The Bertz CT molecular complexity index is 240. The molecule has 1 atom stereocenters. The molecule has 0 aromatic carbocycles. The second-order valence-corrected chi connectivity index (χ2v) is 4.92. The van der Waals surface area contributed by atoms with Crippen molar-refractivity contribution >= 4 is 5.97 Å². The van der Waals surface area contributed by atoms with Gasteiger partial charge < -0.3 is 9.84 Å². The van der Waals surface area contributed by atoms with Gasteiger partial charge in [-0.2, -0.15) is 0 Å². The molecule has 1 saturated heterocycles. The molecule has 0 aromatic rings. The van der Waals surface area contributed by atoms with Crippen molar-refractivity contribution in [1.29, 1.82) is 0 Å². The molecule has 0 aromatic heterocycles. The number of hydrogen-bond donors (Lipinski definition) is 1. The van der Waals surface area contributed by atoms with Crippen molar-refractivity contribution in [3.8, 4) is 0 Å². The molecule has 0 amide bonds. The molecule has 1 unspecified atom stereocenters. The van der Waals surface area contributed by atoms with Crippen molar-refractivity contribution in [1.82, 2.24) is 4.90 Å². The minimum Gasteiger partial charge on any atom is -0.480 e. The Kier molecular flexibility index (Phi) is 2.98. The molecular weight excluding hydrogens is 194 g/mol. The van der Waals surface area contributed by atoms with Gasteiger partial charge in [-0.1, -0.05) is 12.8 Å². The molecule has 1 spiro atoms. The maximum Gasteiger partial charge on any atom is 0.323 e. The third-order valence-electron chi connectivity index (χ3n) is 3.79. The summed E-state index contributed by atoms with van der Waals surface area (Å²) in [5.74, 6) is -0.760. The quantitative estimate of drug-likeness (QED) is 0.755. The summed E-state index contributed by atoms with van der Waals surface area (Å²) in [5, 5.41) is 9.05. The summed E-state index contributed by atoms with van der Waals surface area (Å²) in [6, 6.07) is -0.443. The smallest absolute Gasteiger partial charge is 0.323 e. The lowest BCUT2D eigenvalue weighted by Crippen LogP contribution is -2.61. The zero-order valence-corrected chi connectivity index (χ0v) is 9.24. The third-order valence-corrected chi connectivity index (χ3v) is 3.79. The van der Waals surface area contributed by atoms with E-state index in [1.807, 2.05) is 4.90 Å². The number of hydrogen-bond acceptors (Lipinski definition) is 3. The molecule has 86 valence electrons. The number of carboxylic acid groups (broad SMARTS) is 1. The first-order valence-corrected chi connectivity index (χ1v) is 5.63. The summed E-state index contributed by atoms with van der Waals surface area (Å²) in [4.78, 5) is 13.0. The van der Waals surface area contributed by atoms with Crippen LogP contribution < -0.4 is 0 Å². The van der Waals surface area contributed by atoms with Crippen molar-refractivity contribution in [3.05, 3.63) is 0 Å². The largest absolute Gasteiger partial charge is 0.480 e. The lowest BCUT2D eigenvalue weighted by atomic mass is 9.77. The Morgan fingerprint density at radius 3 is 2.53 bits per heavy atom. The molecule has 1 N–H and O–H groups in total. The monoisotopic (exact) mass is 213 g/mol. The van der Waals surface area contributed by atoms with Gasteiger partial charge >= 0.3 is 5.97 Å². The minimum absolute atomic E-state index is 0.297. The van der Waals surface area contributed by atoms with E-state index in [1.165, 1.54) is 25.7 Å². The van der Waals surface area contributed by atoms with Gasteiger partial charge in [-0.15, -0.1) is 0 Å². The molecule has 1 aliphatic heterocycles. The third kappa shape index (κ3) is 2.01. The highest BCUT2D eigenvalue weighted by Crippen LogP contribution is 2.46. The van der Waals surface area contributed by atoms with Gasteiger partial charge in [-0.25, -0.2) is 0 Å². The fraction of sp³-hybridized carbons (Fsp3) is 0.909. The van der Waals surface area contributed by atoms with Crippen molar-refractivity contribution in [3.63, 3.8) is 0 Å². The standard InChI is InChI=1S/C11H19NO3/c1-15-6-9(10(13)14)12-7-11(8-12)4-2-3-5-11/h9H,2-8H2,1H3,(H,13,14). The van der Waals surface area contributed by atoms with Gasteiger partial charge in [0.05, 0.1) is 6.61 Å². The molecule has 4 nitrogen and oxygen atoms in total. The summed E-state index contributed by atoms with van der Waals surface area (Å²) >= 11 is 0. The van der Waals surface area contributed by atoms with E-state index in [0.29, 0.717) is 12.0 Å². The van der Waals surface area contributed by atoms with Crippen LogP contribution in [0, 0.1) is 5.41 Å². The highest BCUT2D eigenvalue weighted by Gasteiger charge is 2.48. The predicted octanol–water partition coefficient (Wildman–Crippen LogP) is 0.962. The van der Waals surface area contributed by atoms with Gasteiger partial charge in [0.1, 0.15) is 6.04 Å². The van der Waals surface area contributed by atoms with Crippen LogP contribution in [0.3, 0.4) is 0 Å². The molecule has 2 fully saturated rings. The second kappa shape index (κ2) is 4.10. The minimum atomic E-state index is -0.760. The Hall–Kier alpha value is -0.610. The fourth-order valence-corrected chi connectivity index (χ4v) is 2.97. The van der Waals surface area contributed by atoms with Crippen LogP contribution in [-0.2, 0) is 9.53 Å². The van der Waals surface area contributed by atoms with Gasteiger partial charge in [0.25, 0.3) is 0 Å². The van der Waals surface area contributed by atoms with Gasteiger partial charge in [-0.05, 0) is 18.3 Å². The Morgan fingerprint density at radius 2 is 2.07 bits per heavy atom. The maximum absolute atomic E-state index is 11.0. The summed E-state index contributed by atoms with van der Waals surface area (Å²) in [5.41, 5.74) is 0.460. The normalized spacial score (nSPS) is 26.5. The lowest BCUT2D eigenvalue weighted by molar-refractivity contribution is -0.152. The number of nitrogens with zero attached hydrogens (tertiary/aromatic N) is 1. The average molecular weight is 213 g/mol. The van der Waals surface area contributed by atoms with Crippen molar-refractivity contribution in [2.75, 3.05) is 26.8 Å². The molecule has 0 bridgehead atoms. The van der Waals surface area contributed by atoms with Crippen LogP contribution in [-0.4, -0.2) is 48.8 Å². The number of carboxylic acids is 1. The predicted molar refractivity (Wildman–Crippen MR) is 55.8 cm³/mol. The fourth-order valence-electron chi connectivity index (χ4n) is 2.97. The van der Waals surface area contributed by atoms with Crippen LogP contribution in [0.4, 0.5) is 0 Å². The van der Waals surface area contributed by atoms with Crippen LogP contribution in [0.2, 0.25) is 0 Å². The Morgan fingerprint density at radius 1 is 1.47 bits per heavy atom. The molecule has 1 heterocycles. The molecule has 4 heteroatoms. The van der Waals surface area contributed by atoms with Crippen LogP contribution >= 0.6 is 0 Å². The zero-order chi connectivity index (χ0) is 10.9. The Labute approximate surface area is 90.2 Å². The molecule has 0 radical (unpaired) electrons. The molecule has 1 aliphatic carbocycles. The summed E-state index contributed by atoms with van der Waals surface area (Å²) in [6.45, 7) is 2.20. The second-order valence-electron chi connectivity index (χ2n) is 4.92. The first-order chi connectivity index (χ1) is 7.17. The number of likely N-dealkylation sites (tertiary alicyclic amines) is 1. The van der Waals surface area contributed by atoms with Crippen LogP contribution in [0.1, 0.15) is 25.7 Å². The Balaban J connectivity index is 1.88. The van der Waals surface area contributed by atoms with E-state index in [0.717, 1.165) is 13.1 Å². The first kappa shape index (κ1) is 10.9. The highest BCUT2D eigenvalue weighted by atomic mass is 16.5. The first-order valence-electron chi connectivity index (χ1n) is 5.63. The van der Waals surface area contributed by atoms with E-state index < -0.39 is 12.0 Å². The zero-order valence-electron chi connectivity index (χ0n) is 9.24. The number of rotatable bonds is 4. The molecule has 1 saturated carbocycles. The SMILES string of the molecule is COCC(C(=O)O)N1CC2(CCCC2)C1. The average Bonchev–Trinajstić information content (AvgIpc) is 2.60. The van der Waals surface area contributed by atoms with E-state index in [9.17, 15) is 4.79 Å². The maximum atomic E-state index is 11.0. The van der Waals surface area contributed by atoms with Gasteiger partial charge in [0.2, 0.25) is 0 Å². The van der Waals surface area contributed by atoms with Crippen molar-refractivity contribution in [2.45, 2.75) is 31.7 Å². The van der Waals surface area contributed by atoms with E-state index in [1.54, 1.807) is 7.11 Å². The van der Waals surface area contributed by atoms with E-state index in [-0.39, 0.29) is 0 Å². The van der Waals surface area contributed by atoms with Crippen molar-refractivity contribution in [2.24, 2.45) is 5.41 Å². The molecule has 2 aliphatic rings. The van der Waals surface area contributed by atoms with Crippen molar-refractivity contribution < 1.29 is 14.6 Å². The number of aliphatic carboxylic acids is 1. The van der Waals surface area contributed by atoms with E-state index in [4.69, 9.17) is 9.84 Å². The molecule has 15 heavy (non-hydrogen) atoms. The summed E-state index contributed by atoms with van der Waals surface area (Å²) in [6.07, 6.45) is 5.19. The van der Waals surface area contributed by atoms with Gasteiger partial charge in [0, 0.05) is 20.2 Å². The van der Waals surface area contributed by atoms with E-state index >= 15 is 0 Å². The van der Waals surface area contributed by atoms with E-state index in [2.05, 4.69) is 0 Å². The molecular formula is C11H19NO3.